The molecule has 0 spiro atoms. The molecule has 1 fully saturated rings. The molecule has 0 bridgehead atoms. The highest BCUT2D eigenvalue weighted by Crippen LogP contribution is 2.12. The Morgan fingerprint density at radius 1 is 1.50 bits per heavy atom. The zero-order valence-electron chi connectivity index (χ0n) is 9.77. The molecule has 0 N–H and O–H groups in total. The van der Waals surface area contributed by atoms with Crippen LogP contribution in [0.15, 0.2) is 6.20 Å². The molecule has 0 aromatic carbocycles. The second kappa shape index (κ2) is 4.65. The number of aromatic nitrogens is 2. The molecule has 1 amide bonds. The summed E-state index contributed by atoms with van der Waals surface area (Å²) >= 11 is 0. The number of hydrogen-bond donors (Lipinski definition) is 0. The summed E-state index contributed by atoms with van der Waals surface area (Å²) in [6.45, 7) is 4.63. The molecule has 2 rings (SSSR count). The fourth-order valence-electron chi connectivity index (χ4n) is 1.91. The van der Waals surface area contributed by atoms with Crippen LogP contribution in [0, 0.1) is 0 Å². The Kier molecular flexibility index (Phi) is 3.24. The quantitative estimate of drug-likeness (QED) is 0.731. The average molecular weight is 223 g/mol. The number of ether oxygens (including phenoxy) is 1. The van der Waals surface area contributed by atoms with Gasteiger partial charge in [0.1, 0.15) is 0 Å². The van der Waals surface area contributed by atoms with Crippen LogP contribution in [0.25, 0.3) is 0 Å². The van der Waals surface area contributed by atoms with Gasteiger partial charge in [-0.3, -0.25) is 9.48 Å². The van der Waals surface area contributed by atoms with Crippen molar-refractivity contribution in [3.05, 3.63) is 17.5 Å². The van der Waals surface area contributed by atoms with Crippen molar-refractivity contribution in [2.45, 2.75) is 13.3 Å². The van der Waals surface area contributed by atoms with Crippen LogP contribution in [-0.4, -0.2) is 46.9 Å². The van der Waals surface area contributed by atoms with Crippen LogP contribution < -0.4 is 0 Å². The van der Waals surface area contributed by atoms with Crippen LogP contribution in [0.5, 0.6) is 0 Å². The van der Waals surface area contributed by atoms with Crippen LogP contribution in [0.3, 0.4) is 0 Å². The van der Waals surface area contributed by atoms with Gasteiger partial charge < -0.3 is 9.64 Å². The van der Waals surface area contributed by atoms with Gasteiger partial charge in [0.25, 0.3) is 5.91 Å². The summed E-state index contributed by atoms with van der Waals surface area (Å²) in [5.41, 5.74) is 1.60. The summed E-state index contributed by atoms with van der Waals surface area (Å²) in [6.07, 6.45) is 2.59. The summed E-state index contributed by atoms with van der Waals surface area (Å²) in [4.78, 5) is 14.0. The van der Waals surface area contributed by atoms with Gasteiger partial charge >= 0.3 is 0 Å². The van der Waals surface area contributed by atoms with Gasteiger partial charge in [-0.1, -0.05) is 6.92 Å². The van der Waals surface area contributed by atoms with E-state index in [0.717, 1.165) is 17.7 Å². The minimum absolute atomic E-state index is 0.0771. The SMILES string of the molecule is CCc1nn(C)cc1C(=O)N1CCOCC1. The van der Waals surface area contributed by atoms with Crippen molar-refractivity contribution >= 4 is 5.91 Å². The maximum absolute atomic E-state index is 12.2. The van der Waals surface area contributed by atoms with Crippen molar-refractivity contribution in [3.63, 3.8) is 0 Å². The van der Waals surface area contributed by atoms with E-state index in [0.29, 0.717) is 26.3 Å². The van der Waals surface area contributed by atoms with Gasteiger partial charge in [-0.25, -0.2) is 0 Å². The molecule has 1 aliphatic heterocycles. The molecule has 5 nitrogen and oxygen atoms in total. The van der Waals surface area contributed by atoms with Crippen LogP contribution in [0.4, 0.5) is 0 Å². The van der Waals surface area contributed by atoms with Crippen LogP contribution >= 0.6 is 0 Å². The zero-order valence-corrected chi connectivity index (χ0v) is 9.77. The molecule has 1 aromatic rings. The largest absolute Gasteiger partial charge is 0.378 e. The van der Waals surface area contributed by atoms with E-state index in [1.165, 1.54) is 0 Å². The number of hydrogen-bond acceptors (Lipinski definition) is 3. The molecule has 1 saturated heterocycles. The Labute approximate surface area is 95.0 Å². The van der Waals surface area contributed by atoms with Gasteiger partial charge in [0.05, 0.1) is 24.5 Å². The first-order valence-corrected chi connectivity index (χ1v) is 5.62. The topological polar surface area (TPSA) is 47.4 Å². The monoisotopic (exact) mass is 223 g/mol. The number of carbonyl (C=O) groups excluding carboxylic acids is 1. The van der Waals surface area contributed by atoms with Gasteiger partial charge in [-0.2, -0.15) is 5.10 Å². The normalized spacial score (nSPS) is 16.5. The van der Waals surface area contributed by atoms with E-state index in [9.17, 15) is 4.79 Å². The molecule has 0 unspecified atom stereocenters. The van der Waals surface area contributed by atoms with Gasteiger partial charge in [0, 0.05) is 26.3 Å². The lowest BCUT2D eigenvalue weighted by atomic mass is 10.2. The van der Waals surface area contributed by atoms with Crippen LogP contribution in [0.1, 0.15) is 23.0 Å². The summed E-state index contributed by atoms with van der Waals surface area (Å²) in [5.74, 6) is 0.0771. The van der Waals surface area contributed by atoms with Crippen molar-refractivity contribution in [2.75, 3.05) is 26.3 Å². The van der Waals surface area contributed by atoms with Crippen molar-refractivity contribution in [1.29, 1.82) is 0 Å². The number of amides is 1. The summed E-state index contributed by atoms with van der Waals surface area (Å²) in [5, 5.41) is 4.28. The lowest BCUT2D eigenvalue weighted by Gasteiger charge is -2.26. The van der Waals surface area contributed by atoms with E-state index < -0.39 is 0 Å². The molecule has 5 heteroatoms. The highest BCUT2D eigenvalue weighted by molar-refractivity contribution is 5.95. The Balaban J connectivity index is 2.18. The Hall–Kier alpha value is -1.36. The fourth-order valence-corrected chi connectivity index (χ4v) is 1.91. The number of carbonyl (C=O) groups is 1. The lowest BCUT2D eigenvalue weighted by molar-refractivity contribution is 0.0302. The molecule has 0 saturated carbocycles. The third-order valence-corrected chi connectivity index (χ3v) is 2.77. The lowest BCUT2D eigenvalue weighted by Crippen LogP contribution is -2.40. The van der Waals surface area contributed by atoms with E-state index in [4.69, 9.17) is 4.74 Å². The van der Waals surface area contributed by atoms with Crippen molar-refractivity contribution in [1.82, 2.24) is 14.7 Å². The Morgan fingerprint density at radius 2 is 2.19 bits per heavy atom. The molecule has 0 radical (unpaired) electrons. The van der Waals surface area contributed by atoms with Gasteiger partial charge in [-0.05, 0) is 6.42 Å². The molecule has 1 aliphatic rings. The maximum atomic E-state index is 12.2. The number of rotatable bonds is 2. The predicted octanol–water partition coefficient (Wildman–Crippen LogP) is 0.455. The standard InChI is InChI=1S/C11H17N3O2/c1-3-10-9(8-13(2)12-10)11(15)14-4-6-16-7-5-14/h8H,3-7H2,1-2H3. The van der Waals surface area contributed by atoms with E-state index >= 15 is 0 Å². The summed E-state index contributed by atoms with van der Waals surface area (Å²) in [6, 6.07) is 0. The van der Waals surface area contributed by atoms with E-state index in [1.54, 1.807) is 10.9 Å². The van der Waals surface area contributed by atoms with Crippen molar-refractivity contribution in [2.24, 2.45) is 7.05 Å². The van der Waals surface area contributed by atoms with Crippen LogP contribution in [-0.2, 0) is 18.2 Å². The fraction of sp³-hybridized carbons (Fsp3) is 0.636. The second-order valence-electron chi connectivity index (χ2n) is 3.92. The number of aryl methyl sites for hydroxylation is 2. The van der Waals surface area contributed by atoms with E-state index in [-0.39, 0.29) is 5.91 Å². The number of morpholine rings is 1. The smallest absolute Gasteiger partial charge is 0.257 e. The highest BCUT2D eigenvalue weighted by atomic mass is 16.5. The van der Waals surface area contributed by atoms with Crippen LogP contribution in [0.2, 0.25) is 0 Å². The zero-order chi connectivity index (χ0) is 11.5. The average Bonchev–Trinajstić information content (AvgIpc) is 2.70. The Morgan fingerprint density at radius 3 is 2.81 bits per heavy atom. The maximum Gasteiger partial charge on any atom is 0.257 e. The van der Waals surface area contributed by atoms with Crippen molar-refractivity contribution in [3.8, 4) is 0 Å². The summed E-state index contributed by atoms with van der Waals surface area (Å²) in [7, 11) is 1.84. The minimum atomic E-state index is 0.0771. The third-order valence-electron chi connectivity index (χ3n) is 2.77. The second-order valence-corrected chi connectivity index (χ2v) is 3.92. The minimum Gasteiger partial charge on any atom is -0.378 e. The first-order valence-electron chi connectivity index (χ1n) is 5.62. The first kappa shape index (κ1) is 11.1. The molecule has 0 atom stereocenters. The molecule has 16 heavy (non-hydrogen) atoms. The summed E-state index contributed by atoms with van der Waals surface area (Å²) < 4.78 is 6.93. The first-order chi connectivity index (χ1) is 7.72. The molecule has 88 valence electrons. The van der Waals surface area contributed by atoms with Gasteiger partial charge in [0.15, 0.2) is 0 Å². The molecular weight excluding hydrogens is 206 g/mol. The molecule has 0 aliphatic carbocycles. The number of nitrogens with zero attached hydrogens (tertiary/aromatic N) is 3. The molecular formula is C11H17N3O2. The predicted molar refractivity (Wildman–Crippen MR) is 59.3 cm³/mol. The van der Waals surface area contributed by atoms with Gasteiger partial charge in [0.2, 0.25) is 0 Å². The third kappa shape index (κ3) is 2.09. The Bertz CT molecular complexity index is 381. The molecule has 1 aromatic heterocycles. The van der Waals surface area contributed by atoms with Gasteiger partial charge in [-0.15, -0.1) is 0 Å². The highest BCUT2D eigenvalue weighted by Gasteiger charge is 2.22. The van der Waals surface area contributed by atoms with E-state index in [1.807, 2.05) is 18.9 Å². The van der Waals surface area contributed by atoms with E-state index in [2.05, 4.69) is 5.10 Å². The molecule has 2 heterocycles. The van der Waals surface area contributed by atoms with Crippen molar-refractivity contribution < 1.29 is 9.53 Å².